The first-order valence-corrected chi connectivity index (χ1v) is 8.92. The molecule has 2 atom stereocenters. The highest BCUT2D eigenvalue weighted by Crippen LogP contribution is 2.40. The number of imide groups is 1. The van der Waals surface area contributed by atoms with E-state index in [0.29, 0.717) is 22.2 Å². The second-order valence-electron chi connectivity index (χ2n) is 6.56. The molecule has 0 N–H and O–H groups in total. The first-order chi connectivity index (χ1) is 12.1. The Morgan fingerprint density at radius 2 is 1.28 bits per heavy atom. The van der Waals surface area contributed by atoms with Gasteiger partial charge in [0.05, 0.1) is 17.5 Å². The Kier molecular flexibility index (Phi) is 4.22. The Bertz CT molecular complexity index is 777. The van der Waals surface area contributed by atoms with Gasteiger partial charge in [0, 0.05) is 5.02 Å². The van der Waals surface area contributed by atoms with Gasteiger partial charge in [-0.15, -0.1) is 0 Å². The van der Waals surface area contributed by atoms with Crippen molar-refractivity contribution in [3.05, 3.63) is 53.6 Å². The van der Waals surface area contributed by atoms with Crippen LogP contribution in [0.25, 0.3) is 0 Å². The molecule has 0 bridgehead atoms. The number of anilines is 1. The average molecular weight is 356 g/mol. The standard InChI is InChI=1S/C20H18ClNO3/c21-13-5-9-15(10-6-13)25-16-11-7-14(8-12-16)22-19(23)17-3-1-2-4-18(17)20(22)24/h5-12,17-18H,1-4H2/t17-,18-/m1/s1. The summed E-state index contributed by atoms with van der Waals surface area (Å²) in [7, 11) is 0. The Morgan fingerprint density at radius 3 is 1.80 bits per heavy atom. The number of hydrogen-bond donors (Lipinski definition) is 0. The summed E-state index contributed by atoms with van der Waals surface area (Å²) in [6.07, 6.45) is 3.71. The van der Waals surface area contributed by atoms with Gasteiger partial charge in [-0.05, 0) is 61.4 Å². The number of fused-ring (bicyclic) bond motifs is 1. The molecule has 1 aliphatic heterocycles. The van der Waals surface area contributed by atoms with Gasteiger partial charge in [-0.25, -0.2) is 0 Å². The van der Waals surface area contributed by atoms with Gasteiger partial charge >= 0.3 is 0 Å². The molecule has 128 valence electrons. The minimum atomic E-state index is -0.133. The number of nitrogens with zero attached hydrogens (tertiary/aromatic N) is 1. The summed E-state index contributed by atoms with van der Waals surface area (Å²) in [5, 5.41) is 0.648. The van der Waals surface area contributed by atoms with Crippen LogP contribution in [-0.2, 0) is 9.59 Å². The lowest BCUT2D eigenvalue weighted by atomic mass is 9.81. The van der Waals surface area contributed by atoms with E-state index >= 15 is 0 Å². The predicted molar refractivity (Wildman–Crippen MR) is 95.9 cm³/mol. The summed E-state index contributed by atoms with van der Waals surface area (Å²) in [6.45, 7) is 0. The zero-order valence-electron chi connectivity index (χ0n) is 13.7. The van der Waals surface area contributed by atoms with E-state index in [1.807, 2.05) is 0 Å². The highest BCUT2D eigenvalue weighted by atomic mass is 35.5. The molecule has 0 radical (unpaired) electrons. The third-order valence-electron chi connectivity index (χ3n) is 4.99. The molecule has 5 heteroatoms. The van der Waals surface area contributed by atoms with Crippen LogP contribution in [0, 0.1) is 11.8 Å². The van der Waals surface area contributed by atoms with Crippen LogP contribution < -0.4 is 9.64 Å². The third kappa shape index (κ3) is 3.02. The zero-order valence-corrected chi connectivity index (χ0v) is 14.4. The summed E-state index contributed by atoms with van der Waals surface area (Å²) in [6, 6.07) is 14.2. The molecule has 0 aromatic heterocycles. The van der Waals surface area contributed by atoms with Crippen molar-refractivity contribution >= 4 is 29.1 Å². The minimum Gasteiger partial charge on any atom is -0.457 e. The van der Waals surface area contributed by atoms with Crippen LogP contribution in [-0.4, -0.2) is 11.8 Å². The number of hydrogen-bond acceptors (Lipinski definition) is 3. The molecule has 2 aliphatic rings. The molecular weight excluding hydrogens is 338 g/mol. The van der Waals surface area contributed by atoms with E-state index in [0.717, 1.165) is 25.7 Å². The van der Waals surface area contributed by atoms with Crippen molar-refractivity contribution in [2.45, 2.75) is 25.7 Å². The molecule has 4 nitrogen and oxygen atoms in total. The van der Waals surface area contributed by atoms with Crippen molar-refractivity contribution in [2.24, 2.45) is 11.8 Å². The van der Waals surface area contributed by atoms with Crippen LogP contribution in [0.5, 0.6) is 11.5 Å². The maximum Gasteiger partial charge on any atom is 0.237 e. The highest BCUT2D eigenvalue weighted by Gasteiger charge is 2.48. The van der Waals surface area contributed by atoms with Gasteiger partial charge in [0.15, 0.2) is 0 Å². The summed E-state index contributed by atoms with van der Waals surface area (Å²) in [5.74, 6) is 0.943. The number of amides is 2. The van der Waals surface area contributed by atoms with E-state index in [-0.39, 0.29) is 23.7 Å². The van der Waals surface area contributed by atoms with Crippen LogP contribution in [0.3, 0.4) is 0 Å². The van der Waals surface area contributed by atoms with Gasteiger partial charge in [0.2, 0.25) is 11.8 Å². The number of benzene rings is 2. The molecule has 2 aromatic rings. The van der Waals surface area contributed by atoms with Gasteiger partial charge in [-0.3, -0.25) is 14.5 Å². The van der Waals surface area contributed by atoms with E-state index in [4.69, 9.17) is 16.3 Å². The van der Waals surface area contributed by atoms with E-state index in [9.17, 15) is 9.59 Å². The Labute approximate surface area is 151 Å². The Hall–Kier alpha value is -2.33. The lowest BCUT2D eigenvalue weighted by Crippen LogP contribution is -2.30. The largest absolute Gasteiger partial charge is 0.457 e. The SMILES string of the molecule is O=C1[C@@H]2CCCC[C@H]2C(=O)N1c1ccc(Oc2ccc(Cl)cc2)cc1. The molecule has 2 aromatic carbocycles. The van der Waals surface area contributed by atoms with Gasteiger partial charge in [0.25, 0.3) is 0 Å². The Balaban J connectivity index is 1.53. The summed E-state index contributed by atoms with van der Waals surface area (Å²) >= 11 is 5.86. The Morgan fingerprint density at radius 1 is 0.800 bits per heavy atom. The van der Waals surface area contributed by atoms with Gasteiger partial charge < -0.3 is 4.74 Å². The molecular formula is C20H18ClNO3. The van der Waals surface area contributed by atoms with Crippen molar-refractivity contribution in [3.8, 4) is 11.5 Å². The minimum absolute atomic E-state index is 0.0546. The number of carbonyl (C=O) groups is 2. The van der Waals surface area contributed by atoms with Crippen LogP contribution in [0.4, 0.5) is 5.69 Å². The van der Waals surface area contributed by atoms with E-state index in [1.165, 1.54) is 4.90 Å². The van der Waals surface area contributed by atoms with Crippen LogP contribution in [0.1, 0.15) is 25.7 Å². The van der Waals surface area contributed by atoms with Crippen molar-refractivity contribution in [3.63, 3.8) is 0 Å². The molecule has 1 heterocycles. The maximum atomic E-state index is 12.6. The molecule has 4 rings (SSSR count). The maximum absolute atomic E-state index is 12.6. The highest BCUT2D eigenvalue weighted by molar-refractivity contribution is 6.30. The molecule has 2 fully saturated rings. The smallest absolute Gasteiger partial charge is 0.237 e. The van der Waals surface area contributed by atoms with Crippen LogP contribution >= 0.6 is 11.6 Å². The number of halogens is 1. The lowest BCUT2D eigenvalue weighted by Gasteiger charge is -2.19. The summed E-state index contributed by atoms with van der Waals surface area (Å²) in [4.78, 5) is 26.6. The van der Waals surface area contributed by atoms with Crippen LogP contribution in [0.2, 0.25) is 5.02 Å². The van der Waals surface area contributed by atoms with Gasteiger partial charge in [-0.2, -0.15) is 0 Å². The normalized spacial score (nSPS) is 22.8. The quantitative estimate of drug-likeness (QED) is 0.742. The van der Waals surface area contributed by atoms with Crippen molar-refractivity contribution in [1.82, 2.24) is 0 Å². The van der Waals surface area contributed by atoms with Gasteiger partial charge in [0.1, 0.15) is 11.5 Å². The van der Waals surface area contributed by atoms with Crippen molar-refractivity contribution in [2.75, 3.05) is 4.90 Å². The number of rotatable bonds is 3. The van der Waals surface area contributed by atoms with E-state index < -0.39 is 0 Å². The van der Waals surface area contributed by atoms with Crippen molar-refractivity contribution in [1.29, 1.82) is 0 Å². The second kappa shape index (κ2) is 6.52. The number of carbonyl (C=O) groups excluding carboxylic acids is 2. The molecule has 0 unspecified atom stereocenters. The topological polar surface area (TPSA) is 46.6 Å². The first kappa shape index (κ1) is 16.2. The monoisotopic (exact) mass is 355 g/mol. The molecule has 1 saturated carbocycles. The summed E-state index contributed by atoms with van der Waals surface area (Å²) in [5.41, 5.74) is 0.618. The molecule has 1 saturated heterocycles. The van der Waals surface area contributed by atoms with Crippen LogP contribution in [0.15, 0.2) is 48.5 Å². The first-order valence-electron chi connectivity index (χ1n) is 8.55. The zero-order chi connectivity index (χ0) is 17.4. The van der Waals surface area contributed by atoms with Crippen molar-refractivity contribution < 1.29 is 14.3 Å². The second-order valence-corrected chi connectivity index (χ2v) is 7.00. The van der Waals surface area contributed by atoms with E-state index in [2.05, 4.69) is 0 Å². The predicted octanol–water partition coefficient (Wildman–Crippen LogP) is 4.81. The van der Waals surface area contributed by atoms with E-state index in [1.54, 1.807) is 48.5 Å². The molecule has 1 aliphatic carbocycles. The third-order valence-corrected chi connectivity index (χ3v) is 5.24. The average Bonchev–Trinajstić information content (AvgIpc) is 2.89. The molecule has 2 amide bonds. The fraction of sp³-hybridized carbons (Fsp3) is 0.300. The fourth-order valence-corrected chi connectivity index (χ4v) is 3.84. The summed E-state index contributed by atoms with van der Waals surface area (Å²) < 4.78 is 5.75. The van der Waals surface area contributed by atoms with Gasteiger partial charge in [-0.1, -0.05) is 24.4 Å². The number of ether oxygens (including phenoxy) is 1. The fourth-order valence-electron chi connectivity index (χ4n) is 3.72. The molecule has 0 spiro atoms. The lowest BCUT2D eigenvalue weighted by molar-refractivity contribution is -0.122. The molecule has 25 heavy (non-hydrogen) atoms.